The van der Waals surface area contributed by atoms with E-state index in [2.05, 4.69) is 21.4 Å². The van der Waals surface area contributed by atoms with Gasteiger partial charge in [0.2, 0.25) is 0 Å². The normalized spacial score (nSPS) is 10.6. The lowest BCUT2D eigenvalue weighted by atomic mass is 10.2. The van der Waals surface area contributed by atoms with Crippen molar-refractivity contribution >= 4 is 33.9 Å². The summed E-state index contributed by atoms with van der Waals surface area (Å²) in [5.41, 5.74) is 3.06. The van der Waals surface area contributed by atoms with Crippen molar-refractivity contribution in [2.24, 2.45) is 0 Å². The van der Waals surface area contributed by atoms with Crippen LogP contribution >= 0.6 is 11.6 Å². The van der Waals surface area contributed by atoms with Crippen molar-refractivity contribution in [2.75, 3.05) is 5.32 Å². The van der Waals surface area contributed by atoms with Gasteiger partial charge in [0.1, 0.15) is 5.15 Å². The molecule has 3 rings (SSSR count). The molecule has 2 heterocycles. The lowest BCUT2D eigenvalue weighted by Crippen LogP contribution is -1.89. The fourth-order valence-electron chi connectivity index (χ4n) is 1.78. The largest absolute Gasteiger partial charge is 0.359 e. The van der Waals surface area contributed by atoms with Crippen molar-refractivity contribution in [3.63, 3.8) is 0 Å². The van der Waals surface area contributed by atoms with E-state index in [0.717, 1.165) is 22.3 Å². The quantitative estimate of drug-likeness (QED) is 0.669. The molecule has 0 fully saturated rings. The Morgan fingerprint density at radius 3 is 2.82 bits per heavy atom. The molecule has 0 radical (unpaired) electrons. The summed E-state index contributed by atoms with van der Waals surface area (Å²) in [6.45, 7) is 0. The molecule has 0 aliphatic rings. The summed E-state index contributed by atoms with van der Waals surface area (Å²) in [5.74, 6) is 0. The first-order valence-corrected chi connectivity index (χ1v) is 5.65. The van der Waals surface area contributed by atoms with Gasteiger partial charge in [-0.3, -0.25) is 0 Å². The lowest BCUT2D eigenvalue weighted by Gasteiger charge is -2.03. The zero-order valence-electron chi connectivity index (χ0n) is 8.94. The predicted octanol–water partition coefficient (Wildman–Crippen LogP) is 3.96. The highest BCUT2D eigenvalue weighted by molar-refractivity contribution is 6.29. The number of halogens is 1. The zero-order valence-corrected chi connectivity index (χ0v) is 9.70. The Labute approximate surface area is 103 Å². The third-order valence-corrected chi connectivity index (χ3v) is 2.82. The summed E-state index contributed by atoms with van der Waals surface area (Å²) in [5, 5.41) is 4.95. The average Bonchev–Trinajstić information content (AvgIpc) is 2.76. The molecule has 0 atom stereocenters. The number of nitrogens with one attached hydrogen (secondary N) is 2. The van der Waals surface area contributed by atoms with E-state index < -0.39 is 0 Å². The number of H-pyrrole nitrogens is 1. The molecule has 0 spiro atoms. The van der Waals surface area contributed by atoms with Gasteiger partial charge in [-0.25, -0.2) is 4.98 Å². The Hall–Kier alpha value is -2.00. The van der Waals surface area contributed by atoms with E-state index >= 15 is 0 Å². The highest BCUT2D eigenvalue weighted by Crippen LogP contribution is 2.25. The lowest BCUT2D eigenvalue weighted by molar-refractivity contribution is 1.32. The van der Waals surface area contributed by atoms with Crippen LogP contribution in [0, 0.1) is 0 Å². The van der Waals surface area contributed by atoms with E-state index in [1.807, 2.05) is 30.5 Å². The number of hydrogen-bond acceptors (Lipinski definition) is 2. The van der Waals surface area contributed by atoms with Gasteiger partial charge in [-0.15, -0.1) is 0 Å². The van der Waals surface area contributed by atoms with Crippen LogP contribution in [0.1, 0.15) is 0 Å². The number of pyridine rings is 1. The van der Waals surface area contributed by atoms with Crippen molar-refractivity contribution in [2.45, 2.75) is 0 Å². The van der Waals surface area contributed by atoms with Crippen molar-refractivity contribution in [1.29, 1.82) is 0 Å². The van der Waals surface area contributed by atoms with Crippen molar-refractivity contribution in [1.82, 2.24) is 9.97 Å². The topological polar surface area (TPSA) is 40.7 Å². The van der Waals surface area contributed by atoms with E-state index in [0.29, 0.717) is 5.15 Å². The molecule has 4 heteroatoms. The highest BCUT2D eigenvalue weighted by Gasteiger charge is 2.02. The van der Waals surface area contributed by atoms with Crippen molar-refractivity contribution in [3.05, 3.63) is 53.9 Å². The zero-order chi connectivity index (χ0) is 11.7. The monoisotopic (exact) mass is 243 g/mol. The average molecular weight is 244 g/mol. The SMILES string of the molecule is Clc1ccc(Nc2c[nH]c3ccccc23)cn1. The first-order valence-electron chi connectivity index (χ1n) is 5.27. The van der Waals surface area contributed by atoms with Gasteiger partial charge in [-0.1, -0.05) is 29.8 Å². The summed E-state index contributed by atoms with van der Waals surface area (Å²) < 4.78 is 0. The second-order valence-electron chi connectivity index (χ2n) is 3.74. The number of aromatic amines is 1. The maximum atomic E-state index is 5.74. The third kappa shape index (κ3) is 1.97. The van der Waals surface area contributed by atoms with Gasteiger partial charge in [-0.05, 0) is 18.2 Å². The molecule has 0 saturated carbocycles. The summed E-state index contributed by atoms with van der Waals surface area (Å²) in [4.78, 5) is 7.24. The van der Waals surface area contributed by atoms with E-state index in [1.165, 1.54) is 0 Å². The van der Waals surface area contributed by atoms with Gasteiger partial charge in [0, 0.05) is 17.1 Å². The van der Waals surface area contributed by atoms with Crippen molar-refractivity contribution < 1.29 is 0 Å². The van der Waals surface area contributed by atoms with Gasteiger partial charge >= 0.3 is 0 Å². The Balaban J connectivity index is 1.97. The van der Waals surface area contributed by atoms with Crippen LogP contribution in [-0.4, -0.2) is 9.97 Å². The summed E-state index contributed by atoms with van der Waals surface area (Å²) >= 11 is 5.74. The Bertz CT molecular complexity index is 643. The predicted molar refractivity (Wildman–Crippen MR) is 70.8 cm³/mol. The van der Waals surface area contributed by atoms with E-state index in [9.17, 15) is 0 Å². The fourth-order valence-corrected chi connectivity index (χ4v) is 1.89. The second-order valence-corrected chi connectivity index (χ2v) is 4.13. The molecule has 0 unspecified atom stereocenters. The summed E-state index contributed by atoms with van der Waals surface area (Å²) in [7, 11) is 0. The molecule has 0 saturated heterocycles. The molecule has 84 valence electrons. The number of benzene rings is 1. The van der Waals surface area contributed by atoms with Crippen LogP contribution in [0.3, 0.4) is 0 Å². The minimum atomic E-state index is 0.495. The van der Waals surface area contributed by atoms with Crippen LogP contribution in [0.2, 0.25) is 5.15 Å². The minimum absolute atomic E-state index is 0.495. The number of hydrogen-bond donors (Lipinski definition) is 2. The molecule has 3 aromatic rings. The first kappa shape index (κ1) is 10.2. The fraction of sp³-hybridized carbons (Fsp3) is 0. The van der Waals surface area contributed by atoms with Crippen molar-refractivity contribution in [3.8, 4) is 0 Å². The smallest absolute Gasteiger partial charge is 0.129 e. The van der Waals surface area contributed by atoms with Crippen LogP contribution in [0.15, 0.2) is 48.8 Å². The van der Waals surface area contributed by atoms with Crippen LogP contribution in [-0.2, 0) is 0 Å². The van der Waals surface area contributed by atoms with Gasteiger partial charge in [0.25, 0.3) is 0 Å². The third-order valence-electron chi connectivity index (χ3n) is 2.60. The highest BCUT2D eigenvalue weighted by atomic mass is 35.5. The number of aromatic nitrogens is 2. The number of anilines is 2. The van der Waals surface area contributed by atoms with Gasteiger partial charge in [-0.2, -0.15) is 0 Å². The van der Waals surface area contributed by atoms with Gasteiger partial charge in [0.05, 0.1) is 17.6 Å². The van der Waals surface area contributed by atoms with E-state index in [1.54, 1.807) is 12.3 Å². The number of rotatable bonds is 2. The summed E-state index contributed by atoms with van der Waals surface area (Å²) in [6, 6.07) is 11.8. The number of para-hydroxylation sites is 1. The second kappa shape index (κ2) is 4.11. The molecule has 2 aromatic heterocycles. The Morgan fingerprint density at radius 2 is 2.00 bits per heavy atom. The summed E-state index contributed by atoms with van der Waals surface area (Å²) in [6.07, 6.45) is 3.66. The van der Waals surface area contributed by atoms with Crippen LogP contribution in [0.4, 0.5) is 11.4 Å². The van der Waals surface area contributed by atoms with Crippen LogP contribution < -0.4 is 5.32 Å². The number of fused-ring (bicyclic) bond motifs is 1. The molecule has 0 amide bonds. The molecule has 0 aliphatic heterocycles. The number of nitrogens with zero attached hydrogens (tertiary/aromatic N) is 1. The van der Waals surface area contributed by atoms with Crippen LogP contribution in [0.5, 0.6) is 0 Å². The molecule has 2 N–H and O–H groups in total. The van der Waals surface area contributed by atoms with Gasteiger partial charge < -0.3 is 10.3 Å². The van der Waals surface area contributed by atoms with Crippen LogP contribution in [0.25, 0.3) is 10.9 Å². The van der Waals surface area contributed by atoms with E-state index in [-0.39, 0.29) is 0 Å². The van der Waals surface area contributed by atoms with Gasteiger partial charge in [0.15, 0.2) is 0 Å². The Morgan fingerprint density at radius 1 is 1.12 bits per heavy atom. The molecule has 0 bridgehead atoms. The molecule has 0 aliphatic carbocycles. The van der Waals surface area contributed by atoms with E-state index in [4.69, 9.17) is 11.6 Å². The molecule has 17 heavy (non-hydrogen) atoms. The Kier molecular flexibility index (Phi) is 2.46. The first-order chi connectivity index (χ1) is 8.33. The maximum absolute atomic E-state index is 5.74. The maximum Gasteiger partial charge on any atom is 0.129 e. The molecular formula is C13H10ClN3. The minimum Gasteiger partial charge on any atom is -0.359 e. The molecular weight excluding hydrogens is 234 g/mol. The molecule has 1 aromatic carbocycles. The molecule has 3 nitrogen and oxygen atoms in total. The standard InChI is InChI=1S/C13H10ClN3/c14-13-6-5-9(7-16-13)17-12-8-15-11-4-2-1-3-10(11)12/h1-8,15,17H.